The molecule has 1 aromatic rings. The number of anilines is 1. The van der Waals surface area contributed by atoms with Gasteiger partial charge in [0.2, 0.25) is 0 Å². The number of thioether (sulfide) groups is 1. The van der Waals surface area contributed by atoms with Crippen molar-refractivity contribution in [2.24, 2.45) is 0 Å². The first-order chi connectivity index (χ1) is 8.38. The van der Waals surface area contributed by atoms with E-state index in [2.05, 4.69) is 20.2 Å². The Hall–Kier alpha value is -0.810. The molecular weight excluding hydrogens is 232 g/mol. The standard InChI is InChI=1S/C12H20N4S/c1-17-12-9-11(14-10-15-12)13-5-4-8-16-6-2-3-7-16/h9-10H,2-8H2,1H3,(H,13,14,15). The van der Waals surface area contributed by atoms with Crippen LogP contribution in [0.5, 0.6) is 0 Å². The van der Waals surface area contributed by atoms with E-state index in [-0.39, 0.29) is 0 Å². The second-order valence-electron chi connectivity index (χ2n) is 4.27. The van der Waals surface area contributed by atoms with Crippen LogP contribution in [0.3, 0.4) is 0 Å². The fourth-order valence-electron chi connectivity index (χ4n) is 2.07. The van der Waals surface area contributed by atoms with Gasteiger partial charge in [-0.3, -0.25) is 0 Å². The van der Waals surface area contributed by atoms with Crippen LogP contribution >= 0.6 is 11.8 Å². The fraction of sp³-hybridized carbons (Fsp3) is 0.667. The first-order valence-corrected chi connectivity index (χ1v) is 7.43. The Morgan fingerprint density at radius 3 is 2.94 bits per heavy atom. The molecular formula is C12H20N4S. The van der Waals surface area contributed by atoms with Gasteiger partial charge in [0, 0.05) is 12.6 Å². The summed E-state index contributed by atoms with van der Waals surface area (Å²) >= 11 is 1.64. The zero-order valence-electron chi connectivity index (χ0n) is 10.4. The Labute approximate surface area is 107 Å². The van der Waals surface area contributed by atoms with Crippen molar-refractivity contribution in [2.75, 3.05) is 37.8 Å². The van der Waals surface area contributed by atoms with E-state index in [9.17, 15) is 0 Å². The zero-order chi connectivity index (χ0) is 11.9. The van der Waals surface area contributed by atoms with E-state index in [1.807, 2.05) is 12.3 Å². The van der Waals surface area contributed by atoms with Crippen LogP contribution in [0.25, 0.3) is 0 Å². The molecule has 1 saturated heterocycles. The van der Waals surface area contributed by atoms with Crippen LogP contribution in [0.2, 0.25) is 0 Å². The molecule has 2 heterocycles. The van der Waals surface area contributed by atoms with Gasteiger partial charge in [-0.25, -0.2) is 9.97 Å². The van der Waals surface area contributed by atoms with E-state index < -0.39 is 0 Å². The quantitative estimate of drug-likeness (QED) is 0.477. The van der Waals surface area contributed by atoms with E-state index >= 15 is 0 Å². The van der Waals surface area contributed by atoms with E-state index in [1.54, 1.807) is 18.1 Å². The Morgan fingerprint density at radius 2 is 2.18 bits per heavy atom. The third kappa shape index (κ3) is 4.16. The Kier molecular flexibility index (Phi) is 5.07. The van der Waals surface area contributed by atoms with Gasteiger partial charge in [0.25, 0.3) is 0 Å². The maximum atomic E-state index is 4.21. The van der Waals surface area contributed by atoms with Gasteiger partial charge in [0.15, 0.2) is 0 Å². The number of aromatic nitrogens is 2. The first-order valence-electron chi connectivity index (χ1n) is 6.21. The first kappa shape index (κ1) is 12.6. The van der Waals surface area contributed by atoms with Crippen LogP contribution in [0.4, 0.5) is 5.82 Å². The summed E-state index contributed by atoms with van der Waals surface area (Å²) in [6, 6.07) is 2.00. The molecule has 1 aliphatic rings. The van der Waals surface area contributed by atoms with Crippen LogP contribution in [0, 0.1) is 0 Å². The molecule has 4 nitrogen and oxygen atoms in total. The van der Waals surface area contributed by atoms with Gasteiger partial charge in [0.1, 0.15) is 17.2 Å². The minimum absolute atomic E-state index is 0.936. The SMILES string of the molecule is CSc1cc(NCCCN2CCCC2)ncn1. The average Bonchev–Trinajstić information content (AvgIpc) is 2.88. The summed E-state index contributed by atoms with van der Waals surface area (Å²) in [7, 11) is 0. The molecule has 0 saturated carbocycles. The van der Waals surface area contributed by atoms with Crippen LogP contribution in [0.15, 0.2) is 17.4 Å². The predicted molar refractivity (Wildman–Crippen MR) is 72.6 cm³/mol. The van der Waals surface area contributed by atoms with Crippen LogP contribution in [-0.4, -0.2) is 47.3 Å². The lowest BCUT2D eigenvalue weighted by Crippen LogP contribution is -2.22. The highest BCUT2D eigenvalue weighted by molar-refractivity contribution is 7.98. The van der Waals surface area contributed by atoms with Gasteiger partial charge in [-0.1, -0.05) is 0 Å². The summed E-state index contributed by atoms with van der Waals surface area (Å²) in [5.74, 6) is 0.936. The molecule has 0 bridgehead atoms. The molecule has 0 spiro atoms. The van der Waals surface area contributed by atoms with Gasteiger partial charge in [0.05, 0.1) is 0 Å². The second kappa shape index (κ2) is 6.81. The highest BCUT2D eigenvalue weighted by Crippen LogP contribution is 2.13. The molecule has 1 aromatic heterocycles. The molecule has 2 rings (SSSR count). The Balaban J connectivity index is 1.66. The predicted octanol–water partition coefficient (Wildman–Crippen LogP) is 2.10. The number of rotatable bonds is 6. The second-order valence-corrected chi connectivity index (χ2v) is 5.10. The maximum absolute atomic E-state index is 4.21. The molecule has 0 radical (unpaired) electrons. The van der Waals surface area contributed by atoms with Crippen molar-refractivity contribution in [1.29, 1.82) is 0 Å². The molecule has 17 heavy (non-hydrogen) atoms. The minimum Gasteiger partial charge on any atom is -0.370 e. The maximum Gasteiger partial charge on any atom is 0.130 e. The summed E-state index contributed by atoms with van der Waals surface area (Å²) in [4.78, 5) is 10.9. The number of hydrogen-bond donors (Lipinski definition) is 1. The van der Waals surface area contributed by atoms with Crippen LogP contribution in [0.1, 0.15) is 19.3 Å². The number of hydrogen-bond acceptors (Lipinski definition) is 5. The highest BCUT2D eigenvalue weighted by Gasteiger charge is 2.09. The van der Waals surface area contributed by atoms with Crippen molar-refractivity contribution < 1.29 is 0 Å². The molecule has 5 heteroatoms. The van der Waals surface area contributed by atoms with Crippen molar-refractivity contribution >= 4 is 17.6 Å². The van der Waals surface area contributed by atoms with Crippen molar-refractivity contribution in [3.05, 3.63) is 12.4 Å². The van der Waals surface area contributed by atoms with Crippen LogP contribution < -0.4 is 5.32 Å². The average molecular weight is 252 g/mol. The third-order valence-electron chi connectivity index (χ3n) is 3.01. The smallest absolute Gasteiger partial charge is 0.130 e. The summed E-state index contributed by atoms with van der Waals surface area (Å²) in [6.07, 6.45) is 7.57. The van der Waals surface area contributed by atoms with Gasteiger partial charge in [-0.15, -0.1) is 11.8 Å². The van der Waals surface area contributed by atoms with Gasteiger partial charge >= 0.3 is 0 Å². The Bertz CT molecular complexity index is 339. The molecule has 0 amide bonds. The molecule has 1 aliphatic heterocycles. The number of nitrogens with zero attached hydrogens (tertiary/aromatic N) is 3. The van der Waals surface area contributed by atoms with E-state index in [0.29, 0.717) is 0 Å². The monoisotopic (exact) mass is 252 g/mol. The molecule has 1 fully saturated rings. The van der Waals surface area contributed by atoms with Gasteiger partial charge < -0.3 is 10.2 Å². The lowest BCUT2D eigenvalue weighted by atomic mass is 10.4. The molecule has 0 aliphatic carbocycles. The molecule has 1 N–H and O–H groups in total. The zero-order valence-corrected chi connectivity index (χ0v) is 11.2. The lowest BCUT2D eigenvalue weighted by molar-refractivity contribution is 0.337. The summed E-state index contributed by atoms with van der Waals surface area (Å²) in [6.45, 7) is 4.75. The topological polar surface area (TPSA) is 41.0 Å². The molecule has 94 valence electrons. The number of likely N-dealkylation sites (tertiary alicyclic amines) is 1. The van der Waals surface area contributed by atoms with Gasteiger partial charge in [-0.05, 0) is 45.2 Å². The van der Waals surface area contributed by atoms with E-state index in [0.717, 1.165) is 17.4 Å². The van der Waals surface area contributed by atoms with Crippen molar-refractivity contribution in [2.45, 2.75) is 24.3 Å². The molecule has 0 unspecified atom stereocenters. The fourth-order valence-corrected chi connectivity index (χ4v) is 2.46. The highest BCUT2D eigenvalue weighted by atomic mass is 32.2. The summed E-state index contributed by atoms with van der Waals surface area (Å²) < 4.78 is 0. The molecule has 0 atom stereocenters. The third-order valence-corrected chi connectivity index (χ3v) is 3.65. The lowest BCUT2D eigenvalue weighted by Gasteiger charge is -2.14. The van der Waals surface area contributed by atoms with E-state index in [4.69, 9.17) is 0 Å². The molecule has 0 aromatic carbocycles. The van der Waals surface area contributed by atoms with Crippen molar-refractivity contribution in [3.8, 4) is 0 Å². The van der Waals surface area contributed by atoms with Gasteiger partial charge in [-0.2, -0.15) is 0 Å². The van der Waals surface area contributed by atoms with E-state index in [1.165, 1.54) is 38.9 Å². The summed E-state index contributed by atoms with van der Waals surface area (Å²) in [5, 5.41) is 4.37. The number of nitrogens with one attached hydrogen (secondary N) is 1. The van der Waals surface area contributed by atoms with Crippen molar-refractivity contribution in [1.82, 2.24) is 14.9 Å². The summed E-state index contributed by atoms with van der Waals surface area (Å²) in [5.41, 5.74) is 0. The van der Waals surface area contributed by atoms with Crippen molar-refractivity contribution in [3.63, 3.8) is 0 Å². The normalized spacial score (nSPS) is 16.3. The van der Waals surface area contributed by atoms with Crippen LogP contribution in [-0.2, 0) is 0 Å². The largest absolute Gasteiger partial charge is 0.370 e. The Morgan fingerprint density at radius 1 is 1.35 bits per heavy atom. The minimum atomic E-state index is 0.936.